The number of hydrogen-bond donors (Lipinski definition) is 2. The zero-order valence-electron chi connectivity index (χ0n) is 7.97. The summed E-state index contributed by atoms with van der Waals surface area (Å²) in [4.78, 5) is 20.5. The van der Waals surface area contributed by atoms with Gasteiger partial charge in [-0.3, -0.25) is 10.1 Å². The molecule has 0 spiro atoms. The fourth-order valence-corrected chi connectivity index (χ4v) is 1.36. The monoisotopic (exact) mass is 264 g/mol. The summed E-state index contributed by atoms with van der Waals surface area (Å²) in [6.45, 7) is 0. The highest BCUT2D eigenvalue weighted by Gasteiger charge is 2.39. The van der Waals surface area contributed by atoms with Crippen LogP contribution < -0.4 is 5.32 Å². The van der Waals surface area contributed by atoms with Crippen LogP contribution in [0.1, 0.15) is 0 Å². The van der Waals surface area contributed by atoms with Crippen molar-refractivity contribution in [1.29, 1.82) is 0 Å². The van der Waals surface area contributed by atoms with Crippen molar-refractivity contribution in [1.82, 2.24) is 15.0 Å². The molecule has 2 heterocycles. The van der Waals surface area contributed by atoms with Gasteiger partial charge < -0.3 is 4.98 Å². The van der Waals surface area contributed by atoms with Gasteiger partial charge in [0, 0.05) is 6.20 Å². The Morgan fingerprint density at radius 2 is 2.12 bits per heavy atom. The average Bonchev–Trinajstić information content (AvgIpc) is 2.64. The minimum atomic E-state index is -5.00. The maximum Gasteiger partial charge on any atom is 0.471 e. The molecular formula is C8H4ClF3N4O. The summed E-state index contributed by atoms with van der Waals surface area (Å²) in [6.07, 6.45) is -3.50. The van der Waals surface area contributed by atoms with E-state index in [0.717, 1.165) is 0 Å². The number of carbonyl (C=O) groups excluding carboxylic acids is 1. The zero-order valence-corrected chi connectivity index (χ0v) is 8.73. The van der Waals surface area contributed by atoms with Gasteiger partial charge in [0.1, 0.15) is 10.8 Å². The highest BCUT2D eigenvalue weighted by Crippen LogP contribution is 2.22. The van der Waals surface area contributed by atoms with Crippen LogP contribution in [-0.2, 0) is 4.79 Å². The summed E-state index contributed by atoms with van der Waals surface area (Å²) in [7, 11) is 0. The van der Waals surface area contributed by atoms with Crippen LogP contribution in [-0.4, -0.2) is 27.0 Å². The fourth-order valence-electron chi connectivity index (χ4n) is 1.13. The predicted molar refractivity (Wildman–Crippen MR) is 53.6 cm³/mol. The summed E-state index contributed by atoms with van der Waals surface area (Å²) >= 11 is 5.70. The standard InChI is InChI=1S/C8H4ClF3N4O/c9-4-3-1-2-13-5(3)15-7(14-4)16-6(17)8(10,11)12/h1-2H,(H2,13,14,15,16,17). The van der Waals surface area contributed by atoms with Crippen molar-refractivity contribution >= 4 is 34.5 Å². The van der Waals surface area contributed by atoms with Crippen LogP contribution in [0, 0.1) is 0 Å². The first kappa shape index (κ1) is 11.6. The van der Waals surface area contributed by atoms with Crippen molar-refractivity contribution in [3.8, 4) is 0 Å². The van der Waals surface area contributed by atoms with E-state index in [9.17, 15) is 18.0 Å². The fraction of sp³-hybridized carbons (Fsp3) is 0.125. The lowest BCUT2D eigenvalue weighted by Gasteiger charge is -2.06. The van der Waals surface area contributed by atoms with Crippen molar-refractivity contribution in [2.45, 2.75) is 6.18 Å². The number of nitrogens with zero attached hydrogens (tertiary/aromatic N) is 2. The van der Waals surface area contributed by atoms with Gasteiger partial charge in [0.15, 0.2) is 0 Å². The van der Waals surface area contributed by atoms with Crippen LogP contribution >= 0.6 is 11.6 Å². The number of aromatic nitrogens is 3. The molecule has 0 fully saturated rings. The molecule has 0 saturated heterocycles. The Balaban J connectivity index is 2.34. The van der Waals surface area contributed by atoms with Gasteiger partial charge in [0.25, 0.3) is 0 Å². The lowest BCUT2D eigenvalue weighted by molar-refractivity contribution is -0.167. The molecule has 0 unspecified atom stereocenters. The third-order valence-corrected chi connectivity index (χ3v) is 2.14. The molecule has 0 aliphatic heterocycles. The molecule has 2 N–H and O–H groups in total. The van der Waals surface area contributed by atoms with Crippen molar-refractivity contribution in [3.05, 3.63) is 17.4 Å². The van der Waals surface area contributed by atoms with Gasteiger partial charge in [-0.15, -0.1) is 0 Å². The minimum Gasteiger partial charge on any atom is -0.346 e. The first-order valence-corrected chi connectivity index (χ1v) is 4.64. The number of amides is 1. The summed E-state index contributed by atoms with van der Waals surface area (Å²) in [6, 6.07) is 1.56. The summed E-state index contributed by atoms with van der Waals surface area (Å²) < 4.78 is 35.9. The third-order valence-electron chi connectivity index (χ3n) is 1.85. The quantitative estimate of drug-likeness (QED) is 0.775. The van der Waals surface area contributed by atoms with Crippen molar-refractivity contribution in [2.75, 3.05) is 5.32 Å². The maximum absolute atomic E-state index is 12.0. The Morgan fingerprint density at radius 3 is 2.76 bits per heavy atom. The topological polar surface area (TPSA) is 70.7 Å². The Bertz CT molecular complexity index is 580. The van der Waals surface area contributed by atoms with E-state index in [1.807, 2.05) is 0 Å². The normalized spacial score (nSPS) is 11.8. The number of nitrogens with one attached hydrogen (secondary N) is 2. The molecule has 0 aliphatic rings. The first-order valence-electron chi connectivity index (χ1n) is 4.27. The molecule has 0 bridgehead atoms. The summed E-state index contributed by atoms with van der Waals surface area (Å²) in [5.74, 6) is -2.66. The minimum absolute atomic E-state index is 0.0475. The second kappa shape index (κ2) is 3.88. The highest BCUT2D eigenvalue weighted by molar-refractivity contribution is 6.34. The smallest absolute Gasteiger partial charge is 0.346 e. The second-order valence-electron chi connectivity index (χ2n) is 3.03. The Kier molecular flexibility index (Phi) is 2.66. The Labute approximate surface area is 97.0 Å². The number of halogens is 4. The van der Waals surface area contributed by atoms with E-state index in [1.54, 1.807) is 6.07 Å². The molecule has 17 heavy (non-hydrogen) atoms. The van der Waals surface area contributed by atoms with Crippen LogP contribution in [0.15, 0.2) is 12.3 Å². The van der Waals surface area contributed by atoms with Gasteiger partial charge >= 0.3 is 12.1 Å². The molecule has 1 amide bonds. The predicted octanol–water partition coefficient (Wildman–Crippen LogP) is 2.11. The van der Waals surface area contributed by atoms with Gasteiger partial charge in [0.05, 0.1) is 5.39 Å². The number of carbonyl (C=O) groups is 1. The van der Waals surface area contributed by atoms with E-state index < -0.39 is 18.0 Å². The van der Waals surface area contributed by atoms with E-state index in [-0.39, 0.29) is 10.8 Å². The number of anilines is 1. The van der Waals surface area contributed by atoms with Gasteiger partial charge in [-0.25, -0.2) is 0 Å². The van der Waals surface area contributed by atoms with Crippen LogP contribution in [0.2, 0.25) is 5.15 Å². The van der Waals surface area contributed by atoms with Crippen LogP contribution in [0.25, 0.3) is 11.0 Å². The Morgan fingerprint density at radius 1 is 1.41 bits per heavy atom. The van der Waals surface area contributed by atoms with Gasteiger partial charge in [-0.05, 0) is 6.07 Å². The molecule has 0 aromatic carbocycles. The summed E-state index contributed by atoms with van der Waals surface area (Å²) in [5.41, 5.74) is 0.238. The summed E-state index contributed by atoms with van der Waals surface area (Å²) in [5, 5.41) is 1.92. The molecule has 5 nitrogen and oxygen atoms in total. The number of rotatable bonds is 1. The van der Waals surface area contributed by atoms with E-state index >= 15 is 0 Å². The second-order valence-corrected chi connectivity index (χ2v) is 3.39. The zero-order chi connectivity index (χ0) is 12.6. The van der Waals surface area contributed by atoms with Crippen molar-refractivity contribution in [2.24, 2.45) is 0 Å². The third kappa shape index (κ3) is 2.31. The SMILES string of the molecule is O=C(Nc1nc(Cl)c2cc[nH]c2n1)C(F)(F)F. The molecule has 0 saturated carbocycles. The number of aromatic amines is 1. The first-order chi connectivity index (χ1) is 7.88. The number of hydrogen-bond acceptors (Lipinski definition) is 3. The molecule has 90 valence electrons. The highest BCUT2D eigenvalue weighted by atomic mass is 35.5. The van der Waals surface area contributed by atoms with E-state index in [0.29, 0.717) is 5.39 Å². The molecule has 0 aliphatic carbocycles. The molecule has 9 heteroatoms. The molecule has 2 rings (SSSR count). The van der Waals surface area contributed by atoms with Gasteiger partial charge in [0.2, 0.25) is 5.95 Å². The van der Waals surface area contributed by atoms with Crippen LogP contribution in [0.3, 0.4) is 0 Å². The average molecular weight is 265 g/mol. The number of alkyl halides is 3. The lowest BCUT2D eigenvalue weighted by Crippen LogP contribution is -2.30. The van der Waals surface area contributed by atoms with Crippen molar-refractivity contribution in [3.63, 3.8) is 0 Å². The lowest BCUT2D eigenvalue weighted by atomic mass is 10.4. The van der Waals surface area contributed by atoms with Crippen LogP contribution in [0.5, 0.6) is 0 Å². The molecule has 0 atom stereocenters. The molecule has 0 radical (unpaired) electrons. The van der Waals surface area contributed by atoms with E-state index in [1.165, 1.54) is 11.5 Å². The maximum atomic E-state index is 12.0. The number of fused-ring (bicyclic) bond motifs is 1. The van der Waals surface area contributed by atoms with E-state index in [4.69, 9.17) is 11.6 Å². The molecule has 2 aromatic rings. The van der Waals surface area contributed by atoms with E-state index in [2.05, 4.69) is 15.0 Å². The molecule has 2 aromatic heterocycles. The largest absolute Gasteiger partial charge is 0.471 e. The van der Waals surface area contributed by atoms with Crippen LogP contribution in [0.4, 0.5) is 19.1 Å². The number of H-pyrrole nitrogens is 1. The van der Waals surface area contributed by atoms with Gasteiger partial charge in [-0.1, -0.05) is 11.6 Å². The van der Waals surface area contributed by atoms with Gasteiger partial charge in [-0.2, -0.15) is 23.1 Å². The molecular weight excluding hydrogens is 261 g/mol. The van der Waals surface area contributed by atoms with Crippen molar-refractivity contribution < 1.29 is 18.0 Å². The Hall–Kier alpha value is -1.83.